The number of aromatic nitrogens is 2. The van der Waals surface area contributed by atoms with Crippen LogP contribution in [0.5, 0.6) is 0 Å². The van der Waals surface area contributed by atoms with Gasteiger partial charge >= 0.3 is 0 Å². The molecule has 3 rings (SSSR count). The zero-order valence-electron chi connectivity index (χ0n) is 10.5. The van der Waals surface area contributed by atoms with Gasteiger partial charge in [-0.15, -0.1) is 0 Å². The van der Waals surface area contributed by atoms with Gasteiger partial charge in [0, 0.05) is 22.5 Å². The molecule has 1 aromatic carbocycles. The number of halogens is 1. The molecule has 0 fully saturated rings. The molecule has 19 heavy (non-hydrogen) atoms. The van der Waals surface area contributed by atoms with Crippen molar-refractivity contribution >= 4 is 22.5 Å². The minimum Gasteiger partial charge on any atom is -0.361 e. The third-order valence-electron chi connectivity index (χ3n) is 3.11. The van der Waals surface area contributed by atoms with Crippen LogP contribution in [-0.2, 0) is 0 Å². The van der Waals surface area contributed by atoms with Gasteiger partial charge in [-0.2, -0.15) is 0 Å². The standard InChI is InChI=1S/C14H11ClN2O2/c1-7-14(8(2)19-17-7)9-3-4-12-10(5-9)11(15)6-13(18)16-12/h3-6H,1-2H3,(H,16,18). The molecule has 0 amide bonds. The van der Waals surface area contributed by atoms with E-state index in [0.717, 1.165) is 28.0 Å². The molecule has 0 aliphatic heterocycles. The maximum absolute atomic E-state index is 11.4. The first-order valence-electron chi connectivity index (χ1n) is 5.82. The summed E-state index contributed by atoms with van der Waals surface area (Å²) >= 11 is 6.12. The number of aromatic amines is 1. The highest BCUT2D eigenvalue weighted by molar-refractivity contribution is 6.35. The van der Waals surface area contributed by atoms with Crippen molar-refractivity contribution in [2.75, 3.05) is 0 Å². The van der Waals surface area contributed by atoms with Crippen LogP contribution >= 0.6 is 11.6 Å². The first kappa shape index (κ1) is 12.0. The number of benzene rings is 1. The van der Waals surface area contributed by atoms with Crippen molar-refractivity contribution in [3.8, 4) is 11.1 Å². The smallest absolute Gasteiger partial charge is 0.249 e. The summed E-state index contributed by atoms with van der Waals surface area (Å²) in [5.74, 6) is 0.761. The maximum atomic E-state index is 11.4. The minimum absolute atomic E-state index is 0.206. The molecule has 1 N–H and O–H groups in total. The Kier molecular flexibility index (Phi) is 2.68. The summed E-state index contributed by atoms with van der Waals surface area (Å²) in [5, 5.41) is 5.19. The Morgan fingerprint density at radius 1 is 1.26 bits per heavy atom. The van der Waals surface area contributed by atoms with Crippen molar-refractivity contribution in [2.45, 2.75) is 13.8 Å². The van der Waals surface area contributed by atoms with E-state index in [1.165, 1.54) is 6.07 Å². The minimum atomic E-state index is -0.206. The van der Waals surface area contributed by atoms with Gasteiger partial charge in [0.2, 0.25) is 5.56 Å². The van der Waals surface area contributed by atoms with Gasteiger partial charge in [0.1, 0.15) is 5.76 Å². The average Bonchev–Trinajstić information content (AvgIpc) is 2.69. The third-order valence-corrected chi connectivity index (χ3v) is 3.43. The Morgan fingerprint density at radius 2 is 2.05 bits per heavy atom. The summed E-state index contributed by atoms with van der Waals surface area (Å²) in [6.45, 7) is 3.76. The second kappa shape index (κ2) is 4.24. The molecule has 0 atom stereocenters. The lowest BCUT2D eigenvalue weighted by Gasteiger charge is -2.04. The van der Waals surface area contributed by atoms with Crippen molar-refractivity contribution in [1.82, 2.24) is 10.1 Å². The predicted molar refractivity (Wildman–Crippen MR) is 74.5 cm³/mol. The molecule has 2 heterocycles. The van der Waals surface area contributed by atoms with Crippen LogP contribution in [-0.4, -0.2) is 10.1 Å². The zero-order valence-corrected chi connectivity index (χ0v) is 11.2. The van der Waals surface area contributed by atoms with E-state index in [1.807, 2.05) is 32.0 Å². The van der Waals surface area contributed by atoms with Gasteiger partial charge in [0.15, 0.2) is 0 Å². The van der Waals surface area contributed by atoms with Crippen LogP contribution in [0.2, 0.25) is 5.02 Å². The lowest BCUT2D eigenvalue weighted by Crippen LogP contribution is -2.03. The summed E-state index contributed by atoms with van der Waals surface area (Å²) in [6, 6.07) is 7.06. The van der Waals surface area contributed by atoms with Crippen LogP contribution in [0, 0.1) is 13.8 Å². The molecule has 0 aliphatic rings. The van der Waals surface area contributed by atoms with Gasteiger partial charge in [-0.25, -0.2) is 0 Å². The quantitative estimate of drug-likeness (QED) is 0.739. The number of pyridine rings is 1. The number of H-pyrrole nitrogens is 1. The summed E-state index contributed by atoms with van der Waals surface area (Å²) in [4.78, 5) is 14.1. The highest BCUT2D eigenvalue weighted by Crippen LogP contribution is 2.30. The Hall–Kier alpha value is -2.07. The van der Waals surface area contributed by atoms with Crippen LogP contribution in [0.4, 0.5) is 0 Å². The SMILES string of the molecule is Cc1noc(C)c1-c1ccc2[nH]c(=O)cc(Cl)c2c1. The van der Waals surface area contributed by atoms with Crippen LogP contribution in [0.3, 0.4) is 0 Å². The molecular weight excluding hydrogens is 264 g/mol. The van der Waals surface area contributed by atoms with Crippen molar-refractivity contribution in [2.24, 2.45) is 0 Å². The van der Waals surface area contributed by atoms with Gasteiger partial charge in [-0.3, -0.25) is 4.79 Å². The van der Waals surface area contributed by atoms with Crippen LogP contribution in [0.25, 0.3) is 22.0 Å². The fourth-order valence-corrected chi connectivity index (χ4v) is 2.52. The molecule has 0 bridgehead atoms. The molecule has 0 unspecified atom stereocenters. The summed E-state index contributed by atoms with van der Waals surface area (Å²) in [7, 11) is 0. The number of fused-ring (bicyclic) bond motifs is 1. The van der Waals surface area contributed by atoms with Gasteiger partial charge in [0.05, 0.1) is 10.7 Å². The molecule has 0 radical (unpaired) electrons. The molecular formula is C14H11ClN2O2. The van der Waals surface area contributed by atoms with E-state index in [9.17, 15) is 4.79 Å². The zero-order chi connectivity index (χ0) is 13.6. The van der Waals surface area contributed by atoms with E-state index in [1.54, 1.807) is 0 Å². The molecule has 2 aromatic heterocycles. The van der Waals surface area contributed by atoms with Gasteiger partial charge in [-0.05, 0) is 31.5 Å². The maximum Gasteiger partial charge on any atom is 0.249 e. The fourth-order valence-electron chi connectivity index (χ4n) is 2.26. The molecule has 0 saturated carbocycles. The number of nitrogens with zero attached hydrogens (tertiary/aromatic N) is 1. The Balaban J connectivity index is 2.31. The largest absolute Gasteiger partial charge is 0.361 e. The number of aryl methyl sites for hydroxylation is 2. The Bertz CT molecular complexity index is 814. The Morgan fingerprint density at radius 3 is 2.74 bits per heavy atom. The van der Waals surface area contributed by atoms with Crippen molar-refractivity contribution in [3.05, 3.63) is 51.1 Å². The number of rotatable bonds is 1. The summed E-state index contributed by atoms with van der Waals surface area (Å²) < 4.78 is 5.17. The molecule has 0 spiro atoms. The van der Waals surface area contributed by atoms with E-state index >= 15 is 0 Å². The van der Waals surface area contributed by atoms with E-state index < -0.39 is 0 Å². The average molecular weight is 275 g/mol. The highest BCUT2D eigenvalue weighted by atomic mass is 35.5. The summed E-state index contributed by atoms with van der Waals surface area (Å²) in [6.07, 6.45) is 0. The molecule has 0 aliphatic carbocycles. The molecule has 4 nitrogen and oxygen atoms in total. The van der Waals surface area contributed by atoms with E-state index in [4.69, 9.17) is 16.1 Å². The molecule has 3 aromatic rings. The van der Waals surface area contributed by atoms with Crippen LogP contribution in [0.1, 0.15) is 11.5 Å². The molecule has 5 heteroatoms. The number of hydrogen-bond donors (Lipinski definition) is 1. The second-order valence-electron chi connectivity index (χ2n) is 4.44. The monoisotopic (exact) mass is 274 g/mol. The topological polar surface area (TPSA) is 58.9 Å². The first-order valence-corrected chi connectivity index (χ1v) is 6.20. The molecule has 0 saturated heterocycles. The van der Waals surface area contributed by atoms with Crippen molar-refractivity contribution in [1.29, 1.82) is 0 Å². The predicted octanol–water partition coefficient (Wildman–Crippen LogP) is 3.45. The lowest BCUT2D eigenvalue weighted by atomic mass is 10.0. The van der Waals surface area contributed by atoms with E-state index in [2.05, 4.69) is 10.1 Å². The van der Waals surface area contributed by atoms with Crippen molar-refractivity contribution in [3.63, 3.8) is 0 Å². The van der Waals surface area contributed by atoms with Crippen LogP contribution in [0.15, 0.2) is 33.6 Å². The normalized spacial score (nSPS) is 11.1. The van der Waals surface area contributed by atoms with Crippen LogP contribution < -0.4 is 5.56 Å². The second-order valence-corrected chi connectivity index (χ2v) is 4.85. The van der Waals surface area contributed by atoms with Gasteiger partial charge in [-0.1, -0.05) is 22.8 Å². The molecule has 96 valence electrons. The van der Waals surface area contributed by atoms with Gasteiger partial charge in [0.25, 0.3) is 0 Å². The lowest BCUT2D eigenvalue weighted by molar-refractivity contribution is 0.393. The summed E-state index contributed by atoms with van der Waals surface area (Å²) in [5.41, 5.74) is 3.27. The fraction of sp³-hybridized carbons (Fsp3) is 0.143. The number of hydrogen-bond acceptors (Lipinski definition) is 3. The van der Waals surface area contributed by atoms with E-state index in [0.29, 0.717) is 10.5 Å². The Labute approximate surface area is 114 Å². The third kappa shape index (κ3) is 1.94. The first-order chi connectivity index (χ1) is 9.06. The van der Waals surface area contributed by atoms with E-state index in [-0.39, 0.29) is 5.56 Å². The van der Waals surface area contributed by atoms with Crippen molar-refractivity contribution < 1.29 is 4.52 Å². The highest BCUT2D eigenvalue weighted by Gasteiger charge is 2.12. The van der Waals surface area contributed by atoms with Gasteiger partial charge < -0.3 is 9.51 Å². The number of nitrogens with one attached hydrogen (secondary N) is 1.